The first kappa shape index (κ1) is 19.0. The molecule has 0 unspecified atom stereocenters. The summed E-state index contributed by atoms with van der Waals surface area (Å²) in [6.45, 7) is 1.19. The summed E-state index contributed by atoms with van der Waals surface area (Å²) in [6, 6.07) is 15.0. The lowest BCUT2D eigenvalue weighted by Gasteiger charge is -2.07. The van der Waals surface area contributed by atoms with Crippen LogP contribution in [-0.2, 0) is 13.0 Å². The first-order chi connectivity index (χ1) is 13.2. The second-order valence-electron chi connectivity index (χ2n) is 6.38. The molecule has 0 fully saturated rings. The van der Waals surface area contributed by atoms with E-state index in [1.807, 2.05) is 18.2 Å². The van der Waals surface area contributed by atoms with Gasteiger partial charge in [-0.1, -0.05) is 36.1 Å². The number of rotatable bonds is 8. The zero-order valence-corrected chi connectivity index (χ0v) is 15.9. The van der Waals surface area contributed by atoms with Gasteiger partial charge in [0.1, 0.15) is 5.82 Å². The van der Waals surface area contributed by atoms with Gasteiger partial charge in [-0.15, -0.1) is 6.42 Å². The van der Waals surface area contributed by atoms with Crippen LogP contribution in [0.2, 0.25) is 5.02 Å². The Balaban J connectivity index is 1.45. The molecular weight excluding hydrogens is 358 g/mol. The number of nitrogens with zero attached hydrogens (tertiary/aromatic N) is 2. The Morgan fingerprint density at radius 3 is 2.67 bits per heavy atom. The van der Waals surface area contributed by atoms with Gasteiger partial charge >= 0.3 is 0 Å². The highest BCUT2D eigenvalue weighted by atomic mass is 35.5. The standard InChI is InChI=1S/C22H22ClN3O/c1-2-16-26-20-9-6-5-8-19(20)25-21(26)10-4-3-7-15-24-22(27)17-11-13-18(23)14-12-17/h1,5-6,8-9,11-14H,3-4,7,10,15-16H2,(H,24,27). The van der Waals surface area contributed by atoms with Gasteiger partial charge < -0.3 is 9.88 Å². The zero-order valence-electron chi connectivity index (χ0n) is 15.1. The van der Waals surface area contributed by atoms with Crippen molar-refractivity contribution in [2.24, 2.45) is 0 Å². The Morgan fingerprint density at radius 1 is 1.11 bits per heavy atom. The molecule has 0 aliphatic carbocycles. The maximum absolute atomic E-state index is 12.0. The third kappa shape index (κ3) is 4.90. The van der Waals surface area contributed by atoms with Gasteiger partial charge in [-0.05, 0) is 49.2 Å². The second kappa shape index (κ2) is 9.25. The summed E-state index contributed by atoms with van der Waals surface area (Å²) in [5.41, 5.74) is 2.70. The molecule has 0 saturated carbocycles. The molecule has 0 bridgehead atoms. The average Bonchev–Trinajstić information content (AvgIpc) is 3.03. The van der Waals surface area contributed by atoms with E-state index in [9.17, 15) is 4.79 Å². The highest BCUT2D eigenvalue weighted by molar-refractivity contribution is 6.30. The molecule has 5 heteroatoms. The molecule has 0 radical (unpaired) electrons. The van der Waals surface area contributed by atoms with Gasteiger partial charge in [0.05, 0.1) is 17.6 Å². The van der Waals surface area contributed by atoms with Gasteiger partial charge in [-0.3, -0.25) is 4.79 Å². The van der Waals surface area contributed by atoms with E-state index >= 15 is 0 Å². The van der Waals surface area contributed by atoms with E-state index in [4.69, 9.17) is 23.0 Å². The summed E-state index contributed by atoms with van der Waals surface area (Å²) in [5.74, 6) is 3.67. The lowest BCUT2D eigenvalue weighted by molar-refractivity contribution is 0.0953. The minimum Gasteiger partial charge on any atom is -0.352 e. The van der Waals surface area contributed by atoms with Crippen LogP contribution >= 0.6 is 11.6 Å². The van der Waals surface area contributed by atoms with Crippen molar-refractivity contribution in [3.05, 3.63) is 64.9 Å². The van der Waals surface area contributed by atoms with Crippen molar-refractivity contribution in [1.82, 2.24) is 14.9 Å². The molecule has 0 aliphatic rings. The largest absolute Gasteiger partial charge is 0.352 e. The van der Waals surface area contributed by atoms with Crippen molar-refractivity contribution in [2.75, 3.05) is 6.54 Å². The predicted octanol–water partition coefficient (Wildman–Crippen LogP) is 4.47. The normalized spacial score (nSPS) is 10.7. The van der Waals surface area contributed by atoms with E-state index < -0.39 is 0 Å². The third-order valence-corrected chi connectivity index (χ3v) is 4.70. The quantitative estimate of drug-likeness (QED) is 0.463. The topological polar surface area (TPSA) is 46.9 Å². The highest BCUT2D eigenvalue weighted by Gasteiger charge is 2.09. The molecule has 27 heavy (non-hydrogen) atoms. The van der Waals surface area contributed by atoms with Gasteiger partial charge in [-0.2, -0.15) is 0 Å². The predicted molar refractivity (Wildman–Crippen MR) is 110 cm³/mol. The molecule has 1 heterocycles. The Morgan fingerprint density at radius 2 is 1.89 bits per heavy atom. The number of terminal acetylenes is 1. The summed E-state index contributed by atoms with van der Waals surface area (Å²) in [4.78, 5) is 16.8. The summed E-state index contributed by atoms with van der Waals surface area (Å²) < 4.78 is 2.11. The number of aryl methyl sites for hydroxylation is 1. The number of hydrogen-bond acceptors (Lipinski definition) is 2. The molecule has 0 aliphatic heterocycles. The smallest absolute Gasteiger partial charge is 0.251 e. The molecule has 3 aromatic rings. The Bertz CT molecular complexity index is 954. The zero-order chi connectivity index (χ0) is 19.1. The fourth-order valence-electron chi connectivity index (χ4n) is 3.07. The number of carbonyl (C=O) groups excluding carboxylic acids is 1. The van der Waals surface area contributed by atoms with Gasteiger partial charge in [0, 0.05) is 23.6 Å². The minimum atomic E-state index is -0.0671. The number of para-hydroxylation sites is 2. The van der Waals surface area contributed by atoms with Crippen molar-refractivity contribution in [1.29, 1.82) is 0 Å². The van der Waals surface area contributed by atoms with Crippen LogP contribution in [0.15, 0.2) is 48.5 Å². The number of fused-ring (bicyclic) bond motifs is 1. The molecule has 138 valence electrons. The van der Waals surface area contributed by atoms with E-state index in [1.165, 1.54) is 0 Å². The van der Waals surface area contributed by atoms with E-state index in [2.05, 4.69) is 21.9 Å². The average molecular weight is 380 g/mol. The van der Waals surface area contributed by atoms with Gasteiger partial charge in [-0.25, -0.2) is 4.98 Å². The van der Waals surface area contributed by atoms with E-state index in [0.29, 0.717) is 23.7 Å². The molecule has 3 rings (SSSR count). The molecule has 0 saturated heterocycles. The summed E-state index contributed by atoms with van der Waals surface area (Å²) in [6.07, 6.45) is 9.33. The number of halogens is 1. The van der Waals surface area contributed by atoms with Crippen molar-refractivity contribution < 1.29 is 4.79 Å². The van der Waals surface area contributed by atoms with Crippen LogP contribution in [0.5, 0.6) is 0 Å². The first-order valence-electron chi connectivity index (χ1n) is 9.10. The fourth-order valence-corrected chi connectivity index (χ4v) is 3.20. The van der Waals surface area contributed by atoms with Crippen LogP contribution in [0.1, 0.15) is 35.4 Å². The third-order valence-electron chi connectivity index (χ3n) is 4.45. The molecule has 1 amide bonds. The van der Waals surface area contributed by atoms with Crippen LogP contribution < -0.4 is 5.32 Å². The van der Waals surface area contributed by atoms with Crippen molar-refractivity contribution in [3.8, 4) is 12.3 Å². The molecule has 1 aromatic heterocycles. The maximum atomic E-state index is 12.0. The summed E-state index contributed by atoms with van der Waals surface area (Å²) >= 11 is 5.84. The highest BCUT2D eigenvalue weighted by Crippen LogP contribution is 2.17. The van der Waals surface area contributed by atoms with E-state index in [1.54, 1.807) is 24.3 Å². The van der Waals surface area contributed by atoms with Crippen molar-refractivity contribution in [2.45, 2.75) is 32.2 Å². The number of nitrogens with one attached hydrogen (secondary N) is 1. The molecule has 1 N–H and O–H groups in total. The Hall–Kier alpha value is -2.77. The van der Waals surface area contributed by atoms with Gasteiger partial charge in [0.25, 0.3) is 5.91 Å². The number of benzene rings is 2. The van der Waals surface area contributed by atoms with Crippen LogP contribution in [-0.4, -0.2) is 22.0 Å². The number of carbonyl (C=O) groups is 1. The molecular formula is C22H22ClN3O. The molecule has 4 nitrogen and oxygen atoms in total. The minimum absolute atomic E-state index is 0.0671. The number of hydrogen-bond donors (Lipinski definition) is 1. The number of aromatic nitrogens is 2. The van der Waals surface area contributed by atoms with Crippen LogP contribution in [0.3, 0.4) is 0 Å². The van der Waals surface area contributed by atoms with E-state index in [-0.39, 0.29) is 5.91 Å². The first-order valence-corrected chi connectivity index (χ1v) is 9.48. The molecule has 2 aromatic carbocycles. The number of amides is 1. The second-order valence-corrected chi connectivity index (χ2v) is 6.82. The lowest BCUT2D eigenvalue weighted by Crippen LogP contribution is -2.24. The monoisotopic (exact) mass is 379 g/mol. The summed E-state index contributed by atoms with van der Waals surface area (Å²) in [5, 5.41) is 3.57. The SMILES string of the molecule is C#CCn1c(CCCCCNC(=O)c2ccc(Cl)cc2)nc2ccccc21. The Kier molecular flexibility index (Phi) is 6.51. The van der Waals surface area contributed by atoms with Crippen LogP contribution in [0.25, 0.3) is 11.0 Å². The molecule has 0 atom stereocenters. The maximum Gasteiger partial charge on any atom is 0.251 e. The summed E-state index contributed by atoms with van der Waals surface area (Å²) in [7, 11) is 0. The number of imidazole rings is 1. The number of unbranched alkanes of at least 4 members (excludes halogenated alkanes) is 2. The fraction of sp³-hybridized carbons (Fsp3) is 0.273. The van der Waals surface area contributed by atoms with Crippen LogP contribution in [0, 0.1) is 12.3 Å². The van der Waals surface area contributed by atoms with Crippen LogP contribution in [0.4, 0.5) is 0 Å². The molecule has 0 spiro atoms. The van der Waals surface area contributed by atoms with E-state index in [0.717, 1.165) is 42.5 Å². The van der Waals surface area contributed by atoms with Gasteiger partial charge in [0.2, 0.25) is 0 Å². The van der Waals surface area contributed by atoms with Crippen molar-refractivity contribution >= 4 is 28.5 Å². The Labute approximate surface area is 164 Å². The van der Waals surface area contributed by atoms with Crippen molar-refractivity contribution in [3.63, 3.8) is 0 Å². The lowest BCUT2D eigenvalue weighted by atomic mass is 10.1. The van der Waals surface area contributed by atoms with Gasteiger partial charge in [0.15, 0.2) is 0 Å².